The summed E-state index contributed by atoms with van der Waals surface area (Å²) in [4.78, 5) is 18.9. The van der Waals surface area contributed by atoms with Crippen LogP contribution >= 0.6 is 0 Å². The van der Waals surface area contributed by atoms with Crippen LogP contribution in [0, 0.1) is 0 Å². The van der Waals surface area contributed by atoms with Gasteiger partial charge in [0.1, 0.15) is 0 Å². The number of hydrogen-bond donors (Lipinski definition) is 3. The Morgan fingerprint density at radius 1 is 1.05 bits per heavy atom. The Labute approximate surface area is 115 Å². The molecule has 0 aliphatic carbocycles. The van der Waals surface area contributed by atoms with Gasteiger partial charge in [0, 0.05) is 13.2 Å². The van der Waals surface area contributed by atoms with E-state index in [1.807, 2.05) is 20.8 Å². The smallest absolute Gasteiger partial charge is 0.240 e. The van der Waals surface area contributed by atoms with E-state index in [4.69, 9.17) is 9.47 Å². The summed E-state index contributed by atoms with van der Waals surface area (Å²) in [5, 5.41) is 0. The van der Waals surface area contributed by atoms with Gasteiger partial charge in [-0.3, -0.25) is 9.59 Å². The molecule has 0 atom stereocenters. The number of primary amides is 2. The van der Waals surface area contributed by atoms with Gasteiger partial charge in [0.2, 0.25) is 11.8 Å². The number of amides is 2. The first-order valence-electron chi connectivity index (χ1n) is 5.42. The predicted molar refractivity (Wildman–Crippen MR) is 76.5 cm³/mol. The van der Waals surface area contributed by atoms with Gasteiger partial charge >= 0.3 is 0 Å². The van der Waals surface area contributed by atoms with Crippen molar-refractivity contribution in [3.63, 3.8) is 0 Å². The normalized spacial score (nSPS) is 7.79. The lowest BCUT2D eigenvalue weighted by atomic mass is 10.6. The van der Waals surface area contributed by atoms with Crippen LogP contribution in [-0.2, 0) is 19.1 Å². The Hall–Kier alpha value is -1.70. The fourth-order valence-electron chi connectivity index (χ4n) is 0.518. The van der Waals surface area contributed by atoms with Crippen LogP contribution in [0.3, 0.4) is 0 Å². The van der Waals surface area contributed by atoms with E-state index in [1.165, 1.54) is 0 Å². The molecule has 0 aliphatic heterocycles. The molecule has 7 heteroatoms. The van der Waals surface area contributed by atoms with Crippen LogP contribution in [-0.4, -0.2) is 31.3 Å². The molecule has 0 aromatic heterocycles. The minimum Gasteiger partial charge on any atom is -0.366 e. The molecule has 0 fully saturated rings. The maximum Gasteiger partial charge on any atom is 0.240 e. The molecule has 0 saturated heterocycles. The van der Waals surface area contributed by atoms with Crippen molar-refractivity contribution in [3.8, 4) is 0 Å². The number of carbonyl (C=O) groups excluding carboxylic acids is 2. The first kappa shape index (κ1) is 26.0. The highest BCUT2D eigenvalue weighted by Crippen LogP contribution is 1.90. The zero-order chi connectivity index (χ0) is 15.0. The minimum atomic E-state index is -0.481. The van der Waals surface area contributed by atoms with Crippen molar-refractivity contribution in [3.05, 3.63) is 25.3 Å². The largest absolute Gasteiger partial charge is 0.366 e. The molecule has 0 saturated carbocycles. The quantitative estimate of drug-likeness (QED) is 0.488. The number of nitrogens with two attached hydrogens (primary N) is 2. The van der Waals surface area contributed by atoms with Gasteiger partial charge in [-0.2, -0.15) is 0 Å². The molecule has 0 radical (unpaired) electrons. The lowest BCUT2D eigenvalue weighted by molar-refractivity contribution is -0.123. The second-order valence-corrected chi connectivity index (χ2v) is 2.69. The minimum absolute atomic E-state index is 0. The summed E-state index contributed by atoms with van der Waals surface area (Å²) in [6, 6.07) is 0. The zero-order valence-electron chi connectivity index (χ0n) is 12.1. The summed E-state index contributed by atoms with van der Waals surface area (Å²) < 4.78 is 10.1. The molecule has 114 valence electrons. The number of carbonyl (C=O) groups is 2. The lowest BCUT2D eigenvalue weighted by Crippen LogP contribution is -2.11. The van der Waals surface area contributed by atoms with Crippen molar-refractivity contribution in [2.75, 3.05) is 13.2 Å². The van der Waals surface area contributed by atoms with E-state index in [9.17, 15) is 9.59 Å². The van der Waals surface area contributed by atoms with Crippen LogP contribution in [0.4, 0.5) is 0 Å². The van der Waals surface area contributed by atoms with Crippen LogP contribution in [0.15, 0.2) is 25.3 Å². The molecule has 0 heterocycles. The summed E-state index contributed by atoms with van der Waals surface area (Å²) >= 11 is 0. The molecule has 7 N–H and O–H groups in total. The molecular formula is C12H27N3O4. The standard InChI is InChI=1S/C6H14O2.2C3H5NO.H3N/c1-4-7-6(3)8-5-2;2*1-2-3(4)5;/h6H,4-5H2,1-3H3;2*2H,1H2,(H2,4,5);1H3. The molecule has 19 heavy (non-hydrogen) atoms. The Balaban J connectivity index is -0.0000000906. The van der Waals surface area contributed by atoms with Gasteiger partial charge in [0.25, 0.3) is 0 Å². The Morgan fingerprint density at radius 2 is 1.26 bits per heavy atom. The van der Waals surface area contributed by atoms with Crippen molar-refractivity contribution in [2.24, 2.45) is 11.5 Å². The summed E-state index contributed by atoms with van der Waals surface area (Å²) in [6.45, 7) is 13.4. The van der Waals surface area contributed by atoms with Crippen LogP contribution in [0.2, 0.25) is 0 Å². The van der Waals surface area contributed by atoms with Crippen LogP contribution < -0.4 is 17.6 Å². The van der Waals surface area contributed by atoms with Gasteiger partial charge in [0.15, 0.2) is 6.29 Å². The Morgan fingerprint density at radius 3 is 1.37 bits per heavy atom. The highest BCUT2D eigenvalue weighted by molar-refractivity contribution is 5.85. The second kappa shape index (κ2) is 21.6. The average molecular weight is 277 g/mol. The third kappa shape index (κ3) is 48.4. The second-order valence-electron chi connectivity index (χ2n) is 2.69. The monoisotopic (exact) mass is 277 g/mol. The van der Waals surface area contributed by atoms with Gasteiger partial charge in [-0.1, -0.05) is 13.2 Å². The first-order valence-corrected chi connectivity index (χ1v) is 5.42. The highest BCUT2D eigenvalue weighted by atomic mass is 16.7. The van der Waals surface area contributed by atoms with Crippen LogP contribution in [0.1, 0.15) is 20.8 Å². The summed E-state index contributed by atoms with van der Waals surface area (Å²) in [5.74, 6) is -0.963. The third-order valence-electron chi connectivity index (χ3n) is 1.21. The maximum absolute atomic E-state index is 9.47. The lowest BCUT2D eigenvalue weighted by Gasteiger charge is -2.09. The van der Waals surface area contributed by atoms with E-state index in [0.29, 0.717) is 0 Å². The van der Waals surface area contributed by atoms with Crippen molar-refractivity contribution >= 4 is 11.8 Å². The number of rotatable bonds is 6. The molecule has 2 amide bonds. The van der Waals surface area contributed by atoms with Crippen LogP contribution in [0.25, 0.3) is 0 Å². The summed E-state index contributed by atoms with van der Waals surface area (Å²) in [7, 11) is 0. The highest BCUT2D eigenvalue weighted by Gasteiger charge is 1.94. The predicted octanol–water partition coefficient (Wildman–Crippen LogP) is 0.883. The van der Waals surface area contributed by atoms with E-state index in [-0.39, 0.29) is 12.4 Å². The molecule has 0 rings (SSSR count). The van der Waals surface area contributed by atoms with E-state index in [0.717, 1.165) is 25.4 Å². The SMILES string of the molecule is C=CC(N)=O.C=CC(N)=O.CCOC(C)OCC.N. The summed E-state index contributed by atoms with van der Waals surface area (Å²) in [5.41, 5.74) is 9.07. The first-order chi connectivity index (χ1) is 8.35. The number of ether oxygens (including phenoxy) is 2. The molecule has 0 aliphatic rings. The zero-order valence-corrected chi connectivity index (χ0v) is 12.1. The van der Waals surface area contributed by atoms with Gasteiger partial charge in [-0.25, -0.2) is 0 Å². The van der Waals surface area contributed by atoms with Gasteiger partial charge in [0.05, 0.1) is 0 Å². The summed E-state index contributed by atoms with van der Waals surface area (Å²) in [6.07, 6.45) is 2.07. The third-order valence-corrected chi connectivity index (χ3v) is 1.21. The van der Waals surface area contributed by atoms with Crippen molar-refractivity contribution in [1.29, 1.82) is 0 Å². The van der Waals surface area contributed by atoms with Crippen LogP contribution in [0.5, 0.6) is 0 Å². The van der Waals surface area contributed by atoms with E-state index < -0.39 is 11.8 Å². The van der Waals surface area contributed by atoms with Gasteiger partial charge in [-0.15, -0.1) is 0 Å². The Bertz CT molecular complexity index is 221. The topological polar surface area (TPSA) is 140 Å². The van der Waals surface area contributed by atoms with E-state index in [1.54, 1.807) is 0 Å². The Kier molecular flexibility index (Phi) is 29.5. The molecular weight excluding hydrogens is 250 g/mol. The molecule has 0 bridgehead atoms. The molecule has 0 aromatic rings. The molecule has 0 aromatic carbocycles. The molecule has 7 nitrogen and oxygen atoms in total. The fraction of sp³-hybridized carbons (Fsp3) is 0.500. The van der Waals surface area contributed by atoms with Crippen molar-refractivity contribution in [2.45, 2.75) is 27.1 Å². The van der Waals surface area contributed by atoms with Crippen molar-refractivity contribution in [1.82, 2.24) is 6.15 Å². The van der Waals surface area contributed by atoms with E-state index >= 15 is 0 Å². The average Bonchev–Trinajstić information content (AvgIpc) is 2.31. The molecule has 0 unspecified atom stereocenters. The fourth-order valence-corrected chi connectivity index (χ4v) is 0.518. The van der Waals surface area contributed by atoms with Gasteiger partial charge < -0.3 is 27.1 Å². The van der Waals surface area contributed by atoms with Gasteiger partial charge in [-0.05, 0) is 32.9 Å². The van der Waals surface area contributed by atoms with E-state index in [2.05, 4.69) is 24.6 Å². The molecule has 0 spiro atoms. The van der Waals surface area contributed by atoms with Crippen molar-refractivity contribution < 1.29 is 19.1 Å². The number of hydrogen-bond acceptors (Lipinski definition) is 5. The maximum atomic E-state index is 9.47.